The Morgan fingerprint density at radius 1 is 1.41 bits per heavy atom. The van der Waals surface area contributed by atoms with Gasteiger partial charge in [0.25, 0.3) is 0 Å². The molecule has 0 bridgehead atoms. The fraction of sp³-hybridized carbons (Fsp3) is 0.333. The van der Waals surface area contributed by atoms with E-state index in [1.165, 1.54) is 0 Å². The van der Waals surface area contributed by atoms with Gasteiger partial charge in [0, 0.05) is 12.5 Å². The molecule has 0 aliphatic carbocycles. The molecule has 0 saturated carbocycles. The van der Waals surface area contributed by atoms with Crippen LogP contribution in [0.25, 0.3) is 5.69 Å². The molecule has 90 valence electrons. The van der Waals surface area contributed by atoms with Gasteiger partial charge in [-0.15, -0.1) is 5.10 Å². The number of para-hydroxylation sites is 2. The molecule has 1 heterocycles. The van der Waals surface area contributed by atoms with Crippen molar-refractivity contribution in [3.8, 4) is 11.4 Å². The molecule has 5 heteroatoms. The summed E-state index contributed by atoms with van der Waals surface area (Å²) in [6, 6.07) is 7.77. The Balaban J connectivity index is 2.42. The van der Waals surface area contributed by atoms with E-state index in [1.807, 2.05) is 31.2 Å². The quantitative estimate of drug-likeness (QED) is 0.859. The molecule has 0 radical (unpaired) electrons. The molecule has 2 aromatic rings. The first-order valence-electron chi connectivity index (χ1n) is 5.51. The van der Waals surface area contributed by atoms with Crippen LogP contribution in [0.3, 0.4) is 0 Å². The molecule has 1 aromatic carbocycles. The lowest BCUT2D eigenvalue weighted by atomic mass is 10.2. The van der Waals surface area contributed by atoms with Crippen LogP contribution in [0.2, 0.25) is 0 Å². The predicted molar refractivity (Wildman–Crippen MR) is 65.3 cm³/mol. The smallest absolute Gasteiger partial charge is 0.144 e. The van der Waals surface area contributed by atoms with Crippen molar-refractivity contribution < 1.29 is 4.74 Å². The van der Waals surface area contributed by atoms with Crippen LogP contribution in [-0.2, 0) is 6.42 Å². The summed E-state index contributed by atoms with van der Waals surface area (Å²) in [6.07, 6.45) is 2.46. The second-order valence-corrected chi connectivity index (χ2v) is 3.99. The Morgan fingerprint density at radius 2 is 2.18 bits per heavy atom. The van der Waals surface area contributed by atoms with Gasteiger partial charge >= 0.3 is 0 Å². The van der Waals surface area contributed by atoms with Crippen LogP contribution in [0.5, 0.6) is 5.75 Å². The SMILES string of the molecule is COc1ccccc1-n1nncc1CC(C)N. The lowest BCUT2D eigenvalue weighted by molar-refractivity contribution is 0.411. The van der Waals surface area contributed by atoms with Crippen LogP contribution in [0.1, 0.15) is 12.6 Å². The molecule has 2 rings (SSSR count). The highest BCUT2D eigenvalue weighted by Crippen LogP contribution is 2.22. The van der Waals surface area contributed by atoms with E-state index >= 15 is 0 Å². The summed E-state index contributed by atoms with van der Waals surface area (Å²) in [5, 5.41) is 8.01. The summed E-state index contributed by atoms with van der Waals surface area (Å²) >= 11 is 0. The standard InChI is InChI=1S/C12H16N4O/c1-9(13)7-10-8-14-15-16(10)11-5-3-4-6-12(11)17-2/h3-6,8-9H,7,13H2,1-2H3. The van der Waals surface area contributed by atoms with Crippen molar-refractivity contribution >= 4 is 0 Å². The minimum Gasteiger partial charge on any atom is -0.494 e. The van der Waals surface area contributed by atoms with Gasteiger partial charge in [0.15, 0.2) is 0 Å². The van der Waals surface area contributed by atoms with Gasteiger partial charge in [-0.3, -0.25) is 0 Å². The molecule has 1 unspecified atom stereocenters. The molecule has 1 aromatic heterocycles. The number of benzene rings is 1. The molecule has 5 nitrogen and oxygen atoms in total. The van der Waals surface area contributed by atoms with Crippen molar-refractivity contribution in [3.63, 3.8) is 0 Å². The van der Waals surface area contributed by atoms with Gasteiger partial charge in [-0.2, -0.15) is 0 Å². The highest BCUT2D eigenvalue weighted by molar-refractivity contribution is 5.46. The second-order valence-electron chi connectivity index (χ2n) is 3.99. The maximum Gasteiger partial charge on any atom is 0.144 e. The van der Waals surface area contributed by atoms with E-state index < -0.39 is 0 Å². The van der Waals surface area contributed by atoms with Crippen molar-refractivity contribution in [1.29, 1.82) is 0 Å². The van der Waals surface area contributed by atoms with E-state index in [1.54, 1.807) is 18.0 Å². The highest BCUT2D eigenvalue weighted by atomic mass is 16.5. The Bertz CT molecular complexity index is 493. The molecule has 0 aliphatic heterocycles. The van der Waals surface area contributed by atoms with Gasteiger partial charge in [0.1, 0.15) is 11.4 Å². The van der Waals surface area contributed by atoms with Crippen molar-refractivity contribution in [2.45, 2.75) is 19.4 Å². The third kappa shape index (κ3) is 2.45. The molecule has 0 fully saturated rings. The number of nitrogens with two attached hydrogens (primary N) is 1. The van der Waals surface area contributed by atoms with Crippen molar-refractivity contribution in [3.05, 3.63) is 36.2 Å². The van der Waals surface area contributed by atoms with E-state index in [4.69, 9.17) is 10.5 Å². The zero-order valence-electron chi connectivity index (χ0n) is 10.00. The van der Waals surface area contributed by atoms with E-state index in [9.17, 15) is 0 Å². The lowest BCUT2D eigenvalue weighted by Crippen LogP contribution is -2.20. The average Bonchev–Trinajstić information content (AvgIpc) is 2.76. The van der Waals surface area contributed by atoms with Crippen LogP contribution < -0.4 is 10.5 Å². The number of nitrogens with zero attached hydrogens (tertiary/aromatic N) is 3. The van der Waals surface area contributed by atoms with Crippen molar-refractivity contribution in [2.75, 3.05) is 7.11 Å². The Kier molecular flexibility index (Phi) is 3.39. The van der Waals surface area contributed by atoms with Gasteiger partial charge in [0.05, 0.1) is 19.0 Å². The Labute approximate surface area is 100 Å². The summed E-state index contributed by atoms with van der Waals surface area (Å²) in [4.78, 5) is 0. The largest absolute Gasteiger partial charge is 0.494 e. The number of hydrogen-bond acceptors (Lipinski definition) is 4. The highest BCUT2D eigenvalue weighted by Gasteiger charge is 2.11. The number of rotatable bonds is 4. The van der Waals surface area contributed by atoms with Crippen LogP contribution >= 0.6 is 0 Å². The first kappa shape index (κ1) is 11.6. The molecular weight excluding hydrogens is 216 g/mol. The maximum absolute atomic E-state index is 5.80. The topological polar surface area (TPSA) is 66.0 Å². The Morgan fingerprint density at radius 3 is 2.88 bits per heavy atom. The van der Waals surface area contributed by atoms with Gasteiger partial charge in [-0.25, -0.2) is 4.68 Å². The van der Waals surface area contributed by atoms with E-state index in [0.29, 0.717) is 0 Å². The van der Waals surface area contributed by atoms with Gasteiger partial charge in [0.2, 0.25) is 0 Å². The second kappa shape index (κ2) is 4.97. The summed E-state index contributed by atoms with van der Waals surface area (Å²) in [5.74, 6) is 0.768. The number of hydrogen-bond donors (Lipinski definition) is 1. The minimum absolute atomic E-state index is 0.0713. The van der Waals surface area contributed by atoms with Crippen LogP contribution in [0.4, 0.5) is 0 Å². The van der Waals surface area contributed by atoms with Crippen LogP contribution in [-0.4, -0.2) is 28.1 Å². The zero-order valence-corrected chi connectivity index (χ0v) is 10.00. The summed E-state index contributed by atoms with van der Waals surface area (Å²) in [5.41, 5.74) is 7.66. The van der Waals surface area contributed by atoms with Gasteiger partial charge < -0.3 is 10.5 Å². The first-order valence-corrected chi connectivity index (χ1v) is 5.51. The lowest BCUT2D eigenvalue weighted by Gasteiger charge is -2.11. The fourth-order valence-electron chi connectivity index (χ4n) is 1.73. The first-order chi connectivity index (χ1) is 8.22. The van der Waals surface area contributed by atoms with Crippen molar-refractivity contribution in [1.82, 2.24) is 15.0 Å². The third-order valence-electron chi connectivity index (χ3n) is 2.46. The molecule has 0 aliphatic rings. The minimum atomic E-state index is 0.0713. The van der Waals surface area contributed by atoms with Crippen LogP contribution in [0, 0.1) is 0 Å². The predicted octanol–water partition coefficient (Wildman–Crippen LogP) is 1.17. The molecule has 0 spiro atoms. The summed E-state index contributed by atoms with van der Waals surface area (Å²) in [6.45, 7) is 1.96. The monoisotopic (exact) mass is 232 g/mol. The van der Waals surface area contributed by atoms with E-state index in [-0.39, 0.29) is 6.04 Å². The number of aromatic nitrogens is 3. The summed E-state index contributed by atoms with van der Waals surface area (Å²) in [7, 11) is 1.64. The molecule has 0 amide bonds. The molecule has 0 saturated heterocycles. The fourth-order valence-corrected chi connectivity index (χ4v) is 1.73. The molecule has 2 N–H and O–H groups in total. The normalized spacial score (nSPS) is 12.4. The van der Waals surface area contributed by atoms with Crippen LogP contribution in [0.15, 0.2) is 30.5 Å². The average molecular weight is 232 g/mol. The number of ether oxygens (including phenoxy) is 1. The molecule has 1 atom stereocenters. The zero-order chi connectivity index (χ0) is 12.3. The van der Waals surface area contributed by atoms with E-state index in [2.05, 4.69) is 10.3 Å². The van der Waals surface area contributed by atoms with Gasteiger partial charge in [-0.05, 0) is 19.1 Å². The Hall–Kier alpha value is -1.88. The molecule has 17 heavy (non-hydrogen) atoms. The van der Waals surface area contributed by atoms with Crippen molar-refractivity contribution in [2.24, 2.45) is 5.73 Å². The summed E-state index contributed by atoms with van der Waals surface area (Å²) < 4.78 is 7.08. The molecular formula is C12H16N4O. The van der Waals surface area contributed by atoms with E-state index in [0.717, 1.165) is 23.6 Å². The maximum atomic E-state index is 5.80. The number of methoxy groups -OCH3 is 1. The third-order valence-corrected chi connectivity index (χ3v) is 2.46. The van der Waals surface area contributed by atoms with Gasteiger partial charge in [-0.1, -0.05) is 17.3 Å².